The molecule has 0 aliphatic carbocycles. The van der Waals surface area contributed by atoms with Crippen LogP contribution in [0.4, 0.5) is 5.95 Å². The van der Waals surface area contributed by atoms with E-state index in [1.165, 1.54) is 9.75 Å². The zero-order valence-electron chi connectivity index (χ0n) is 11.7. The summed E-state index contributed by atoms with van der Waals surface area (Å²) in [7, 11) is 1.61. The van der Waals surface area contributed by atoms with Crippen LogP contribution in [0, 0.1) is 13.8 Å². The number of thiophene rings is 1. The molecule has 19 heavy (non-hydrogen) atoms. The maximum atomic E-state index is 5.15. The topological polar surface area (TPSA) is 47.0 Å². The molecule has 0 saturated carbocycles. The van der Waals surface area contributed by atoms with Crippen molar-refractivity contribution in [1.82, 2.24) is 9.97 Å². The normalized spacial score (nSPS) is 12.2. The van der Waals surface area contributed by atoms with Gasteiger partial charge in [-0.3, -0.25) is 0 Å². The number of hydrogen-bond acceptors (Lipinski definition) is 5. The molecule has 0 fully saturated rings. The molecular weight excluding hydrogens is 258 g/mol. The number of methoxy groups -OCH3 is 1. The SMILES string of the molecule is COc1cc(C)nc(NC(C)Cc2ccc(C)s2)n1. The van der Waals surface area contributed by atoms with Crippen molar-refractivity contribution >= 4 is 17.3 Å². The van der Waals surface area contributed by atoms with E-state index < -0.39 is 0 Å². The number of aromatic nitrogens is 2. The van der Waals surface area contributed by atoms with Crippen molar-refractivity contribution in [2.75, 3.05) is 12.4 Å². The molecule has 0 radical (unpaired) electrons. The fraction of sp³-hybridized carbons (Fsp3) is 0.429. The van der Waals surface area contributed by atoms with Crippen molar-refractivity contribution in [3.8, 4) is 5.88 Å². The van der Waals surface area contributed by atoms with E-state index in [1.807, 2.05) is 24.3 Å². The van der Waals surface area contributed by atoms with Gasteiger partial charge in [0.15, 0.2) is 0 Å². The predicted octanol–water partition coefficient (Wildman–Crippen LogP) is 3.21. The van der Waals surface area contributed by atoms with E-state index >= 15 is 0 Å². The van der Waals surface area contributed by atoms with Crippen molar-refractivity contribution in [2.24, 2.45) is 0 Å². The van der Waals surface area contributed by atoms with Gasteiger partial charge in [-0.2, -0.15) is 4.98 Å². The van der Waals surface area contributed by atoms with Crippen LogP contribution < -0.4 is 10.1 Å². The summed E-state index contributed by atoms with van der Waals surface area (Å²) in [6, 6.07) is 6.43. The second kappa shape index (κ2) is 6.02. The Kier molecular flexibility index (Phi) is 4.37. The Bertz CT molecular complexity index is 553. The lowest BCUT2D eigenvalue weighted by molar-refractivity contribution is 0.397. The van der Waals surface area contributed by atoms with E-state index in [4.69, 9.17) is 4.74 Å². The molecule has 2 heterocycles. The Morgan fingerprint density at radius 2 is 2.11 bits per heavy atom. The minimum atomic E-state index is 0.282. The maximum absolute atomic E-state index is 5.15. The minimum Gasteiger partial charge on any atom is -0.481 e. The van der Waals surface area contributed by atoms with E-state index in [-0.39, 0.29) is 6.04 Å². The molecule has 1 unspecified atom stereocenters. The van der Waals surface area contributed by atoms with Gasteiger partial charge in [-0.15, -0.1) is 11.3 Å². The van der Waals surface area contributed by atoms with Crippen molar-refractivity contribution in [2.45, 2.75) is 33.2 Å². The molecule has 1 N–H and O–H groups in total. The molecule has 1 atom stereocenters. The monoisotopic (exact) mass is 277 g/mol. The second-order valence-corrected chi connectivity index (χ2v) is 6.01. The van der Waals surface area contributed by atoms with Gasteiger partial charge in [0.2, 0.25) is 11.8 Å². The number of hydrogen-bond donors (Lipinski definition) is 1. The molecule has 5 heteroatoms. The molecule has 0 aliphatic rings. The van der Waals surface area contributed by atoms with Crippen molar-refractivity contribution in [3.63, 3.8) is 0 Å². The molecule has 0 amide bonds. The van der Waals surface area contributed by atoms with Crippen LogP contribution >= 0.6 is 11.3 Å². The largest absolute Gasteiger partial charge is 0.481 e. The van der Waals surface area contributed by atoms with Gasteiger partial charge in [0, 0.05) is 34.0 Å². The van der Waals surface area contributed by atoms with E-state index in [1.54, 1.807) is 7.11 Å². The van der Waals surface area contributed by atoms with Crippen LogP contribution in [0.2, 0.25) is 0 Å². The standard InChI is InChI=1S/C14H19N3OS/c1-9(7-12-6-5-11(3)19-12)15-14-16-10(2)8-13(17-14)18-4/h5-6,8-9H,7H2,1-4H3,(H,15,16,17). The quantitative estimate of drug-likeness (QED) is 0.911. The number of nitrogens with one attached hydrogen (secondary N) is 1. The zero-order valence-corrected chi connectivity index (χ0v) is 12.5. The van der Waals surface area contributed by atoms with Gasteiger partial charge in [-0.1, -0.05) is 0 Å². The smallest absolute Gasteiger partial charge is 0.226 e. The lowest BCUT2D eigenvalue weighted by Gasteiger charge is -2.13. The fourth-order valence-electron chi connectivity index (χ4n) is 1.88. The number of aryl methyl sites for hydroxylation is 2. The highest BCUT2D eigenvalue weighted by Crippen LogP contribution is 2.18. The first-order chi connectivity index (χ1) is 9.06. The number of rotatable bonds is 5. The summed E-state index contributed by atoms with van der Waals surface area (Å²) in [6.07, 6.45) is 0.970. The number of nitrogens with zero attached hydrogens (tertiary/aromatic N) is 2. The molecule has 0 bridgehead atoms. The highest BCUT2D eigenvalue weighted by atomic mass is 32.1. The molecule has 4 nitrogen and oxygen atoms in total. The Labute approximate surface area is 117 Å². The summed E-state index contributed by atoms with van der Waals surface area (Å²) in [4.78, 5) is 11.4. The summed E-state index contributed by atoms with van der Waals surface area (Å²) in [5.41, 5.74) is 0.897. The third kappa shape index (κ3) is 3.92. The molecule has 0 aromatic carbocycles. The van der Waals surface area contributed by atoms with Crippen LogP contribution in [0.25, 0.3) is 0 Å². The van der Waals surface area contributed by atoms with Gasteiger partial charge >= 0.3 is 0 Å². The summed E-state index contributed by atoms with van der Waals surface area (Å²) in [5.74, 6) is 1.21. The van der Waals surface area contributed by atoms with Gasteiger partial charge in [0.1, 0.15) is 0 Å². The molecule has 0 spiro atoms. The summed E-state index contributed by atoms with van der Waals surface area (Å²) >= 11 is 1.83. The van der Waals surface area contributed by atoms with Gasteiger partial charge in [0.05, 0.1) is 7.11 Å². The predicted molar refractivity (Wildman–Crippen MR) is 79.2 cm³/mol. The highest BCUT2D eigenvalue weighted by molar-refractivity contribution is 7.11. The molecule has 2 aromatic heterocycles. The van der Waals surface area contributed by atoms with Crippen LogP contribution in [0.3, 0.4) is 0 Å². The van der Waals surface area contributed by atoms with Crippen LogP contribution in [0.5, 0.6) is 5.88 Å². The molecule has 2 aromatic rings. The fourth-order valence-corrected chi connectivity index (χ4v) is 2.90. The van der Waals surface area contributed by atoms with E-state index in [2.05, 4.69) is 41.3 Å². The van der Waals surface area contributed by atoms with Gasteiger partial charge in [0.25, 0.3) is 0 Å². The van der Waals surface area contributed by atoms with Gasteiger partial charge < -0.3 is 10.1 Å². The Morgan fingerprint density at radius 1 is 1.32 bits per heavy atom. The van der Waals surface area contributed by atoms with Crippen LogP contribution in [-0.2, 0) is 6.42 Å². The summed E-state index contributed by atoms with van der Waals surface area (Å²) in [5, 5.41) is 3.32. The highest BCUT2D eigenvalue weighted by Gasteiger charge is 2.08. The minimum absolute atomic E-state index is 0.282. The van der Waals surface area contributed by atoms with Crippen LogP contribution in [0.15, 0.2) is 18.2 Å². The van der Waals surface area contributed by atoms with Crippen molar-refractivity contribution < 1.29 is 4.74 Å². The number of anilines is 1. The van der Waals surface area contributed by atoms with Crippen molar-refractivity contribution in [1.29, 1.82) is 0 Å². The molecule has 102 valence electrons. The Morgan fingerprint density at radius 3 is 2.74 bits per heavy atom. The molecule has 0 aliphatic heterocycles. The maximum Gasteiger partial charge on any atom is 0.226 e. The zero-order chi connectivity index (χ0) is 13.8. The Balaban J connectivity index is 2.02. The summed E-state index contributed by atoms with van der Waals surface area (Å²) in [6.45, 7) is 6.19. The van der Waals surface area contributed by atoms with E-state index in [0.717, 1.165) is 12.1 Å². The first-order valence-corrected chi connectivity index (χ1v) is 7.10. The van der Waals surface area contributed by atoms with Crippen LogP contribution in [-0.4, -0.2) is 23.1 Å². The van der Waals surface area contributed by atoms with Gasteiger partial charge in [-0.05, 0) is 32.9 Å². The molecule has 2 rings (SSSR count). The first kappa shape index (κ1) is 13.8. The van der Waals surface area contributed by atoms with Crippen LogP contribution in [0.1, 0.15) is 22.4 Å². The Hall–Kier alpha value is -1.62. The number of ether oxygens (including phenoxy) is 1. The third-order valence-corrected chi connectivity index (χ3v) is 3.74. The molecular formula is C14H19N3OS. The van der Waals surface area contributed by atoms with Crippen molar-refractivity contribution in [3.05, 3.63) is 33.6 Å². The summed E-state index contributed by atoms with van der Waals surface area (Å²) < 4.78 is 5.15. The van der Waals surface area contributed by atoms with Gasteiger partial charge in [-0.25, -0.2) is 4.98 Å². The third-order valence-electron chi connectivity index (χ3n) is 2.72. The average molecular weight is 277 g/mol. The first-order valence-electron chi connectivity index (χ1n) is 6.28. The second-order valence-electron chi connectivity index (χ2n) is 4.64. The van der Waals surface area contributed by atoms with E-state index in [0.29, 0.717) is 11.8 Å². The lowest BCUT2D eigenvalue weighted by atomic mass is 10.2. The average Bonchev–Trinajstić information content (AvgIpc) is 2.73. The lowest BCUT2D eigenvalue weighted by Crippen LogP contribution is -2.19. The van der Waals surface area contributed by atoms with E-state index in [9.17, 15) is 0 Å². The molecule has 0 saturated heterocycles.